The van der Waals surface area contributed by atoms with Gasteiger partial charge in [0, 0.05) is 0 Å². The number of hydrogen-bond donors (Lipinski definition) is 0. The van der Waals surface area contributed by atoms with Crippen molar-refractivity contribution in [3.05, 3.63) is 0 Å². The van der Waals surface area contributed by atoms with Crippen LogP contribution in [-0.4, -0.2) is 12.1 Å². The summed E-state index contributed by atoms with van der Waals surface area (Å²) >= 11 is 0. The zero-order chi connectivity index (χ0) is 9.35. The van der Waals surface area contributed by atoms with Gasteiger partial charge in [0.15, 0.2) is 6.10 Å². The van der Waals surface area contributed by atoms with Crippen LogP contribution in [0.25, 0.3) is 0 Å². The number of nitrogens with zero attached hydrogens (tertiary/aromatic N) is 1. The third kappa shape index (κ3) is 1.76. The Morgan fingerprint density at radius 1 is 1.75 bits per heavy atom. The van der Waals surface area contributed by atoms with Crippen LogP contribution in [-0.2, 0) is 9.53 Å². The van der Waals surface area contributed by atoms with Crippen molar-refractivity contribution in [2.45, 2.75) is 33.3 Å². The molecule has 12 heavy (non-hydrogen) atoms. The Hall–Kier alpha value is -1.04. The van der Waals surface area contributed by atoms with Gasteiger partial charge in [0.25, 0.3) is 0 Å². The summed E-state index contributed by atoms with van der Waals surface area (Å²) in [6.45, 7) is 5.62. The second kappa shape index (κ2) is 2.78. The van der Waals surface area contributed by atoms with Crippen LogP contribution in [0.1, 0.15) is 27.2 Å². The number of carbonyl (C=O) groups is 1. The van der Waals surface area contributed by atoms with Crippen LogP contribution in [0.4, 0.5) is 0 Å². The molecule has 0 spiro atoms. The maximum atomic E-state index is 11.2. The zero-order valence-corrected chi connectivity index (χ0v) is 7.63. The summed E-state index contributed by atoms with van der Waals surface area (Å²) in [4.78, 5) is 11.2. The lowest BCUT2D eigenvalue weighted by Crippen LogP contribution is -2.16. The number of esters is 1. The Kier molecular flexibility index (Phi) is 2.10. The van der Waals surface area contributed by atoms with Gasteiger partial charge in [0.05, 0.1) is 5.92 Å². The largest absolute Gasteiger partial charge is 0.447 e. The van der Waals surface area contributed by atoms with E-state index >= 15 is 0 Å². The van der Waals surface area contributed by atoms with Crippen molar-refractivity contribution in [2.75, 3.05) is 0 Å². The summed E-state index contributed by atoms with van der Waals surface area (Å²) in [6.07, 6.45) is 0.262. The zero-order valence-electron chi connectivity index (χ0n) is 7.63. The summed E-state index contributed by atoms with van der Waals surface area (Å²) in [5.41, 5.74) is 0.0895. The Morgan fingerprint density at radius 2 is 2.25 bits per heavy atom. The van der Waals surface area contributed by atoms with E-state index in [0.717, 1.165) is 6.42 Å². The molecule has 0 aromatic heterocycles. The third-order valence-electron chi connectivity index (χ3n) is 2.27. The molecule has 0 aliphatic heterocycles. The number of nitriles is 1. The van der Waals surface area contributed by atoms with Gasteiger partial charge in [0.1, 0.15) is 6.07 Å². The van der Waals surface area contributed by atoms with Gasteiger partial charge >= 0.3 is 5.97 Å². The molecule has 0 bridgehead atoms. The first-order chi connectivity index (χ1) is 5.47. The van der Waals surface area contributed by atoms with Gasteiger partial charge < -0.3 is 4.74 Å². The van der Waals surface area contributed by atoms with E-state index in [1.54, 1.807) is 6.92 Å². The van der Waals surface area contributed by atoms with E-state index in [0.29, 0.717) is 0 Å². The first kappa shape index (κ1) is 9.05. The van der Waals surface area contributed by atoms with E-state index in [9.17, 15) is 4.79 Å². The Bertz CT molecular complexity index is 239. The van der Waals surface area contributed by atoms with E-state index in [2.05, 4.69) is 0 Å². The lowest BCUT2D eigenvalue weighted by Gasteiger charge is -2.06. The molecular weight excluding hydrogens is 154 g/mol. The molecule has 0 heterocycles. The van der Waals surface area contributed by atoms with Crippen LogP contribution < -0.4 is 0 Å². The second-order valence-corrected chi connectivity index (χ2v) is 3.95. The van der Waals surface area contributed by atoms with Gasteiger partial charge in [-0.15, -0.1) is 0 Å². The predicted octanol–water partition coefficient (Wildman–Crippen LogP) is 1.49. The topological polar surface area (TPSA) is 50.1 Å². The number of hydrogen-bond acceptors (Lipinski definition) is 3. The second-order valence-electron chi connectivity index (χ2n) is 3.95. The first-order valence-corrected chi connectivity index (χ1v) is 4.07. The molecule has 2 unspecified atom stereocenters. The lowest BCUT2D eigenvalue weighted by molar-refractivity contribution is -0.148. The van der Waals surface area contributed by atoms with Crippen LogP contribution in [0.2, 0.25) is 0 Å². The molecule has 1 aliphatic carbocycles. The molecule has 3 heteroatoms. The number of ether oxygens (including phenoxy) is 1. The van der Waals surface area contributed by atoms with Crippen molar-refractivity contribution in [3.63, 3.8) is 0 Å². The van der Waals surface area contributed by atoms with E-state index in [1.165, 1.54) is 0 Å². The fraction of sp³-hybridized carbons (Fsp3) is 0.778. The summed E-state index contributed by atoms with van der Waals surface area (Å²) in [5.74, 6) is -0.220. The smallest absolute Gasteiger partial charge is 0.310 e. The average molecular weight is 167 g/mol. The minimum absolute atomic E-state index is 0.00769. The summed E-state index contributed by atoms with van der Waals surface area (Å²) < 4.78 is 4.86. The van der Waals surface area contributed by atoms with E-state index in [4.69, 9.17) is 10.00 Å². The van der Waals surface area contributed by atoms with Crippen molar-refractivity contribution in [1.29, 1.82) is 5.26 Å². The Labute approximate surface area is 72.3 Å². The minimum atomic E-state index is -0.617. The van der Waals surface area contributed by atoms with Crippen LogP contribution in [0.15, 0.2) is 0 Å². The predicted molar refractivity (Wildman–Crippen MR) is 43.1 cm³/mol. The van der Waals surface area contributed by atoms with Gasteiger partial charge in [-0.25, -0.2) is 0 Å². The van der Waals surface area contributed by atoms with E-state index in [1.807, 2.05) is 19.9 Å². The molecule has 0 saturated heterocycles. The van der Waals surface area contributed by atoms with Gasteiger partial charge in [-0.2, -0.15) is 5.26 Å². The van der Waals surface area contributed by atoms with Gasteiger partial charge in [0.2, 0.25) is 0 Å². The molecule has 1 saturated carbocycles. The van der Waals surface area contributed by atoms with Crippen molar-refractivity contribution >= 4 is 5.97 Å². The molecule has 0 amide bonds. The van der Waals surface area contributed by atoms with Crippen LogP contribution in [0.3, 0.4) is 0 Å². The Balaban J connectivity index is 2.38. The van der Waals surface area contributed by atoms with Gasteiger partial charge in [-0.3, -0.25) is 4.79 Å². The van der Waals surface area contributed by atoms with E-state index < -0.39 is 6.10 Å². The molecule has 3 nitrogen and oxygen atoms in total. The summed E-state index contributed by atoms with van der Waals surface area (Å²) in [6, 6.07) is 1.86. The normalized spacial score (nSPS) is 27.0. The van der Waals surface area contributed by atoms with Crippen molar-refractivity contribution in [1.82, 2.24) is 0 Å². The highest BCUT2D eigenvalue weighted by Crippen LogP contribution is 2.52. The highest BCUT2D eigenvalue weighted by Gasteiger charge is 2.52. The SMILES string of the molecule is CC(C#N)OC(=O)C1CC1(C)C. The molecule has 0 radical (unpaired) electrons. The fourth-order valence-electron chi connectivity index (χ4n) is 1.15. The molecule has 0 aromatic rings. The standard InChI is InChI=1S/C9H13NO2/c1-6(5-10)12-8(11)7-4-9(7,2)3/h6-7H,4H2,1-3H3. The molecule has 1 aliphatic rings. The average Bonchev–Trinajstić information content (AvgIpc) is 2.59. The number of rotatable bonds is 2. The molecule has 66 valence electrons. The molecule has 2 atom stereocenters. The van der Waals surface area contributed by atoms with Crippen LogP contribution in [0, 0.1) is 22.7 Å². The summed E-state index contributed by atoms with van der Waals surface area (Å²) in [7, 11) is 0. The van der Waals surface area contributed by atoms with Crippen molar-refractivity contribution in [3.8, 4) is 6.07 Å². The Morgan fingerprint density at radius 3 is 2.58 bits per heavy atom. The monoisotopic (exact) mass is 167 g/mol. The maximum Gasteiger partial charge on any atom is 0.310 e. The van der Waals surface area contributed by atoms with Crippen molar-refractivity contribution < 1.29 is 9.53 Å². The first-order valence-electron chi connectivity index (χ1n) is 4.07. The van der Waals surface area contributed by atoms with Gasteiger partial charge in [-0.1, -0.05) is 13.8 Å². The van der Waals surface area contributed by atoms with Crippen molar-refractivity contribution in [2.24, 2.45) is 11.3 Å². The molecule has 1 rings (SSSR count). The van der Waals surface area contributed by atoms with Crippen LogP contribution >= 0.6 is 0 Å². The lowest BCUT2D eigenvalue weighted by atomic mass is 10.1. The molecular formula is C9H13NO2. The van der Waals surface area contributed by atoms with Crippen LogP contribution in [0.5, 0.6) is 0 Å². The summed E-state index contributed by atoms with van der Waals surface area (Å²) in [5, 5.41) is 8.39. The highest BCUT2D eigenvalue weighted by molar-refractivity contribution is 5.77. The fourth-order valence-corrected chi connectivity index (χ4v) is 1.15. The quantitative estimate of drug-likeness (QED) is 0.585. The molecule has 0 N–H and O–H groups in total. The van der Waals surface area contributed by atoms with Gasteiger partial charge in [-0.05, 0) is 18.8 Å². The molecule has 1 fully saturated rings. The minimum Gasteiger partial charge on any atom is -0.447 e. The number of carbonyl (C=O) groups excluding carboxylic acids is 1. The third-order valence-corrected chi connectivity index (χ3v) is 2.27. The maximum absolute atomic E-state index is 11.2. The van der Waals surface area contributed by atoms with E-state index in [-0.39, 0.29) is 17.3 Å². The molecule has 0 aromatic carbocycles. The highest BCUT2D eigenvalue weighted by atomic mass is 16.5.